The van der Waals surface area contributed by atoms with Gasteiger partial charge >= 0.3 is 0 Å². The summed E-state index contributed by atoms with van der Waals surface area (Å²) in [6.07, 6.45) is 1.44. The number of amides is 1. The molecule has 1 unspecified atom stereocenters. The van der Waals surface area contributed by atoms with Crippen molar-refractivity contribution in [3.63, 3.8) is 0 Å². The maximum absolute atomic E-state index is 12.2. The average Bonchev–Trinajstić information content (AvgIpc) is 3.08. The van der Waals surface area contributed by atoms with Crippen LogP contribution in [0.5, 0.6) is 0 Å². The minimum atomic E-state index is -0.0398. The predicted molar refractivity (Wildman–Crippen MR) is 106 cm³/mol. The number of Topliss-reactive ketones (excluding diaryl/α,β-unsaturated/α-hetero) is 1. The van der Waals surface area contributed by atoms with Gasteiger partial charge in [-0.3, -0.25) is 14.5 Å². The van der Waals surface area contributed by atoms with E-state index < -0.39 is 0 Å². The van der Waals surface area contributed by atoms with Crippen molar-refractivity contribution in [2.75, 3.05) is 13.1 Å². The molecular formula is C21H23BrN2O2. The Morgan fingerprint density at radius 1 is 1.04 bits per heavy atom. The first-order valence-corrected chi connectivity index (χ1v) is 9.74. The molecule has 1 atom stereocenters. The molecule has 2 aromatic rings. The summed E-state index contributed by atoms with van der Waals surface area (Å²) >= 11 is 3.35. The van der Waals surface area contributed by atoms with Crippen molar-refractivity contribution < 1.29 is 9.59 Å². The van der Waals surface area contributed by atoms with Gasteiger partial charge in [-0.05, 0) is 24.1 Å². The first kappa shape index (κ1) is 18.8. The second-order valence-electron chi connectivity index (χ2n) is 6.70. The van der Waals surface area contributed by atoms with Crippen molar-refractivity contribution in [2.45, 2.75) is 31.8 Å². The molecule has 4 nitrogen and oxygen atoms in total. The molecule has 1 saturated heterocycles. The Morgan fingerprint density at radius 3 is 2.50 bits per heavy atom. The lowest BCUT2D eigenvalue weighted by atomic mass is 10.1. The van der Waals surface area contributed by atoms with E-state index in [1.54, 1.807) is 12.1 Å². The van der Waals surface area contributed by atoms with Crippen LogP contribution in [0.15, 0.2) is 59.1 Å². The first-order chi connectivity index (χ1) is 12.6. The molecular weight excluding hydrogens is 392 g/mol. The lowest BCUT2D eigenvalue weighted by molar-refractivity contribution is -0.121. The highest BCUT2D eigenvalue weighted by Gasteiger charge is 2.23. The first-order valence-electron chi connectivity index (χ1n) is 8.94. The van der Waals surface area contributed by atoms with Gasteiger partial charge in [-0.25, -0.2) is 0 Å². The normalized spacial score (nSPS) is 17.2. The summed E-state index contributed by atoms with van der Waals surface area (Å²) in [5, 5.41) is 3.07. The smallest absolute Gasteiger partial charge is 0.220 e. The van der Waals surface area contributed by atoms with E-state index >= 15 is 0 Å². The Morgan fingerprint density at radius 2 is 1.77 bits per heavy atom. The van der Waals surface area contributed by atoms with Gasteiger partial charge in [0.2, 0.25) is 5.91 Å². The lowest BCUT2D eigenvalue weighted by Crippen LogP contribution is -2.37. The van der Waals surface area contributed by atoms with E-state index in [1.807, 2.05) is 30.3 Å². The quantitative estimate of drug-likeness (QED) is 0.700. The fraction of sp³-hybridized carbons (Fsp3) is 0.333. The van der Waals surface area contributed by atoms with Crippen molar-refractivity contribution in [1.82, 2.24) is 10.2 Å². The summed E-state index contributed by atoms with van der Waals surface area (Å²) in [7, 11) is 0. The predicted octanol–water partition coefficient (Wildman–Crippen LogP) is 3.80. The third-order valence-corrected chi connectivity index (χ3v) is 5.16. The fourth-order valence-electron chi connectivity index (χ4n) is 3.24. The van der Waals surface area contributed by atoms with Crippen LogP contribution in [0.2, 0.25) is 0 Å². The fourth-order valence-corrected chi connectivity index (χ4v) is 3.51. The van der Waals surface area contributed by atoms with Gasteiger partial charge in [0.1, 0.15) is 0 Å². The number of halogens is 1. The molecule has 1 amide bonds. The molecule has 0 saturated carbocycles. The number of carbonyl (C=O) groups excluding carboxylic acids is 2. The van der Waals surface area contributed by atoms with E-state index in [-0.39, 0.29) is 30.6 Å². The van der Waals surface area contributed by atoms with E-state index in [9.17, 15) is 9.59 Å². The van der Waals surface area contributed by atoms with Crippen LogP contribution in [0.1, 0.15) is 35.2 Å². The van der Waals surface area contributed by atoms with E-state index in [0.29, 0.717) is 5.56 Å². The highest BCUT2D eigenvalue weighted by atomic mass is 79.9. The van der Waals surface area contributed by atoms with E-state index in [4.69, 9.17) is 0 Å². The molecule has 136 valence electrons. The highest BCUT2D eigenvalue weighted by Crippen LogP contribution is 2.15. The van der Waals surface area contributed by atoms with Gasteiger partial charge < -0.3 is 5.32 Å². The summed E-state index contributed by atoms with van der Waals surface area (Å²) in [5.41, 5.74) is 1.94. The summed E-state index contributed by atoms with van der Waals surface area (Å²) < 4.78 is 0.938. The third kappa shape index (κ3) is 5.51. The molecule has 0 aliphatic carbocycles. The Bertz CT molecular complexity index is 746. The number of rotatable bonds is 7. The Kier molecular flexibility index (Phi) is 6.58. The van der Waals surface area contributed by atoms with E-state index in [1.165, 1.54) is 5.56 Å². The molecule has 3 rings (SSSR count). The van der Waals surface area contributed by atoms with Crippen LogP contribution in [0.4, 0.5) is 0 Å². The second-order valence-corrected chi connectivity index (χ2v) is 7.62. The largest absolute Gasteiger partial charge is 0.352 e. The number of benzene rings is 2. The van der Waals surface area contributed by atoms with Gasteiger partial charge in [-0.15, -0.1) is 0 Å². The van der Waals surface area contributed by atoms with Gasteiger partial charge in [0.05, 0.1) is 0 Å². The van der Waals surface area contributed by atoms with Crippen molar-refractivity contribution >= 4 is 27.6 Å². The Labute approximate surface area is 162 Å². The molecule has 5 heteroatoms. The molecule has 1 fully saturated rings. The maximum atomic E-state index is 12.2. The lowest BCUT2D eigenvalue weighted by Gasteiger charge is -2.16. The summed E-state index contributed by atoms with van der Waals surface area (Å²) in [6.45, 7) is 2.76. The minimum Gasteiger partial charge on any atom is -0.352 e. The van der Waals surface area contributed by atoms with Crippen molar-refractivity contribution in [3.8, 4) is 0 Å². The molecule has 2 aromatic carbocycles. The van der Waals surface area contributed by atoms with Gasteiger partial charge in [-0.2, -0.15) is 0 Å². The molecule has 0 radical (unpaired) electrons. The number of ketones is 1. The number of nitrogens with one attached hydrogen (secondary N) is 1. The molecule has 1 heterocycles. The number of likely N-dealkylation sites (tertiary alicyclic amines) is 1. The zero-order chi connectivity index (χ0) is 18.4. The van der Waals surface area contributed by atoms with Gasteiger partial charge in [0, 0.05) is 48.6 Å². The summed E-state index contributed by atoms with van der Waals surface area (Å²) in [5.74, 6) is -0.0354. The van der Waals surface area contributed by atoms with E-state index in [0.717, 1.165) is 30.5 Å². The minimum absolute atomic E-state index is 0.00442. The third-order valence-electron chi connectivity index (χ3n) is 4.63. The zero-order valence-electron chi connectivity index (χ0n) is 14.7. The van der Waals surface area contributed by atoms with Gasteiger partial charge in [0.15, 0.2) is 5.78 Å². The standard InChI is InChI=1S/C21H23BrN2O2/c22-18-8-6-17(7-9-18)20(25)10-11-21(26)23-19-12-13-24(15-19)14-16-4-2-1-3-5-16/h1-9,19H,10-15H2,(H,23,26). The van der Waals surface area contributed by atoms with Crippen LogP contribution >= 0.6 is 15.9 Å². The molecule has 1 aliphatic heterocycles. The molecule has 0 aromatic heterocycles. The number of carbonyl (C=O) groups is 2. The molecule has 1 N–H and O–H groups in total. The number of nitrogens with zero attached hydrogens (tertiary/aromatic N) is 1. The maximum Gasteiger partial charge on any atom is 0.220 e. The van der Waals surface area contributed by atoms with Crippen LogP contribution < -0.4 is 5.32 Å². The average molecular weight is 415 g/mol. The van der Waals surface area contributed by atoms with Crippen molar-refractivity contribution in [3.05, 3.63) is 70.2 Å². The number of hydrogen-bond acceptors (Lipinski definition) is 3. The van der Waals surface area contributed by atoms with Crippen molar-refractivity contribution in [1.29, 1.82) is 0 Å². The van der Waals surface area contributed by atoms with Crippen molar-refractivity contribution in [2.24, 2.45) is 0 Å². The zero-order valence-corrected chi connectivity index (χ0v) is 16.2. The molecule has 1 aliphatic rings. The summed E-state index contributed by atoms with van der Waals surface area (Å²) in [4.78, 5) is 26.7. The Hall–Kier alpha value is -1.98. The van der Waals surface area contributed by atoms with E-state index in [2.05, 4.69) is 38.3 Å². The second kappa shape index (κ2) is 9.10. The Balaban J connectivity index is 1.40. The van der Waals surface area contributed by atoms with Crippen LogP contribution in [-0.4, -0.2) is 35.7 Å². The number of hydrogen-bond donors (Lipinski definition) is 1. The SMILES string of the molecule is O=C(CCC(=O)c1ccc(Br)cc1)NC1CCN(Cc2ccccc2)C1. The van der Waals surface area contributed by atoms with Gasteiger partial charge in [0.25, 0.3) is 0 Å². The van der Waals surface area contributed by atoms with Crippen LogP contribution in [-0.2, 0) is 11.3 Å². The highest BCUT2D eigenvalue weighted by molar-refractivity contribution is 9.10. The molecule has 0 bridgehead atoms. The summed E-state index contributed by atoms with van der Waals surface area (Å²) in [6, 6.07) is 17.8. The van der Waals surface area contributed by atoms with Crippen LogP contribution in [0.25, 0.3) is 0 Å². The van der Waals surface area contributed by atoms with Crippen LogP contribution in [0, 0.1) is 0 Å². The monoisotopic (exact) mass is 414 g/mol. The topological polar surface area (TPSA) is 49.4 Å². The van der Waals surface area contributed by atoms with Crippen LogP contribution in [0.3, 0.4) is 0 Å². The molecule has 26 heavy (non-hydrogen) atoms. The van der Waals surface area contributed by atoms with Gasteiger partial charge in [-0.1, -0.05) is 58.4 Å². The molecule has 0 spiro atoms.